The Bertz CT molecular complexity index is 1880. The molecule has 2 aliphatic heterocycles. The van der Waals surface area contributed by atoms with Crippen LogP contribution < -0.4 is 5.32 Å². The van der Waals surface area contributed by atoms with Gasteiger partial charge in [0.1, 0.15) is 11.5 Å². The van der Waals surface area contributed by atoms with Crippen LogP contribution in [0.1, 0.15) is 98.3 Å². The zero-order valence-electron chi connectivity index (χ0n) is 38.0. The fraction of sp³-hybridized carbons (Fsp3) is 0.462. The van der Waals surface area contributed by atoms with Gasteiger partial charge in [-0.1, -0.05) is 107 Å². The molecule has 2 bridgehead atoms. The molecule has 0 aromatic carbocycles. The highest BCUT2D eigenvalue weighted by Crippen LogP contribution is 2.40. The maximum Gasteiger partial charge on any atom is 0.254 e. The summed E-state index contributed by atoms with van der Waals surface area (Å²) >= 11 is 0. The number of Topliss-reactive ketones (excluding diaryl/α,β-unsaturated/α-hetero) is 1. The Morgan fingerprint density at radius 1 is 0.984 bits per heavy atom. The van der Waals surface area contributed by atoms with E-state index in [4.69, 9.17) is 4.74 Å². The molecule has 3 amide bonds. The molecule has 2 unspecified atom stereocenters. The number of amides is 3. The molecule has 0 spiro atoms. The van der Waals surface area contributed by atoms with Gasteiger partial charge >= 0.3 is 0 Å². The molecule has 0 saturated carbocycles. The summed E-state index contributed by atoms with van der Waals surface area (Å²) in [6, 6.07) is -0.135. The van der Waals surface area contributed by atoms with Crippen molar-refractivity contribution in [2.24, 2.45) is 0 Å². The van der Waals surface area contributed by atoms with Crippen LogP contribution >= 0.6 is 0 Å². The van der Waals surface area contributed by atoms with Crippen LogP contribution in [0.15, 0.2) is 144 Å². The Balaban J connectivity index is 0.00000504. The molecule has 2 N–H and O–H groups in total. The molecule has 10 nitrogen and oxygen atoms in total. The molecule has 4 rings (SSSR count). The van der Waals surface area contributed by atoms with E-state index in [1.807, 2.05) is 63.3 Å². The van der Waals surface area contributed by atoms with Gasteiger partial charge in [0.15, 0.2) is 0 Å². The number of carbonyl (C=O) groups is 4. The molecule has 62 heavy (non-hydrogen) atoms. The van der Waals surface area contributed by atoms with Gasteiger partial charge in [0.25, 0.3) is 5.91 Å². The monoisotopic (exact) mass is 849 g/mol. The number of hydrogen-bond donors (Lipinski definition) is 2. The minimum atomic E-state index is -0.355. The Labute approximate surface area is 371 Å². The largest absolute Gasteiger partial charge is 0.494 e. The number of rotatable bonds is 24. The summed E-state index contributed by atoms with van der Waals surface area (Å²) in [4.78, 5) is 54.0. The lowest BCUT2D eigenvalue weighted by Gasteiger charge is -2.36. The standard InChI is InChI=1S/C50H66N4O6.C2H6/c1-7-9-10-11-16-42(8-2)49(47-33-41-15-14-17-44(47)34-46(57)32-41)37(3)19-22-40(6)60-31-13-12-18-45(56)35-52-27-29-53(30-28-52)38(4)20-23-43-25-26-54(50(43)59)39(5)21-24-48(58)51-36-55;1-2/h7,9-11,16,19-20,22-23,25,33,36,39,46,57H,1,3-4,6,8,12-15,17-18,21,24,26-32,34-35H2,2,5H3,(H,51,55,58);1-2H3/b10-9-,16-11+,22-19-,23-20-,49-42+;. The lowest BCUT2D eigenvalue weighted by Crippen LogP contribution is -2.47. The van der Waals surface area contributed by atoms with Crippen molar-refractivity contribution >= 4 is 24.0 Å². The van der Waals surface area contributed by atoms with E-state index >= 15 is 0 Å². The van der Waals surface area contributed by atoms with Crippen LogP contribution in [-0.2, 0) is 23.9 Å². The first kappa shape index (κ1) is 51.0. The number of aliphatic hydroxyl groups excluding tert-OH is 1. The average molecular weight is 849 g/mol. The summed E-state index contributed by atoms with van der Waals surface area (Å²) < 4.78 is 5.95. The smallest absolute Gasteiger partial charge is 0.254 e. The van der Waals surface area contributed by atoms with Gasteiger partial charge in [-0.15, -0.1) is 0 Å². The van der Waals surface area contributed by atoms with Crippen LogP contribution in [0.2, 0.25) is 0 Å². The van der Waals surface area contributed by atoms with Gasteiger partial charge in [-0.2, -0.15) is 0 Å². The molecule has 1 saturated heterocycles. The van der Waals surface area contributed by atoms with Crippen molar-refractivity contribution < 1.29 is 29.0 Å². The van der Waals surface area contributed by atoms with Crippen molar-refractivity contribution in [1.82, 2.24) is 20.0 Å². The van der Waals surface area contributed by atoms with Crippen LogP contribution in [-0.4, -0.2) is 102 Å². The summed E-state index contributed by atoms with van der Waals surface area (Å²) in [5, 5.41) is 12.8. The van der Waals surface area contributed by atoms with Crippen LogP contribution in [0.4, 0.5) is 0 Å². The van der Waals surface area contributed by atoms with Gasteiger partial charge in [-0.25, -0.2) is 0 Å². The predicted molar refractivity (Wildman–Crippen MR) is 253 cm³/mol. The highest BCUT2D eigenvalue weighted by Gasteiger charge is 2.28. The Kier molecular flexibility index (Phi) is 22.7. The highest BCUT2D eigenvalue weighted by molar-refractivity contribution is 5.98. The number of hydrogen-bond acceptors (Lipinski definition) is 8. The molecule has 0 aromatic heterocycles. The minimum Gasteiger partial charge on any atom is -0.494 e. The molecular formula is C52H72N4O6. The van der Waals surface area contributed by atoms with E-state index in [1.165, 1.54) is 22.3 Å². The van der Waals surface area contributed by atoms with Crippen LogP contribution in [0, 0.1) is 0 Å². The van der Waals surface area contributed by atoms with Gasteiger partial charge in [0, 0.05) is 62.9 Å². The lowest BCUT2D eigenvalue weighted by molar-refractivity contribution is -0.129. The first-order valence-corrected chi connectivity index (χ1v) is 22.5. The zero-order chi connectivity index (χ0) is 45.4. The van der Waals surface area contributed by atoms with Gasteiger partial charge in [-0.3, -0.25) is 29.4 Å². The third-order valence-corrected chi connectivity index (χ3v) is 11.4. The predicted octanol–water partition coefficient (Wildman–Crippen LogP) is 8.86. The molecule has 1 fully saturated rings. The summed E-state index contributed by atoms with van der Waals surface area (Å²) in [6.07, 6.45) is 29.4. The quantitative estimate of drug-likeness (QED) is 0.0428. The Hall–Kier alpha value is -5.32. The van der Waals surface area contributed by atoms with Crippen molar-refractivity contribution in [2.45, 2.75) is 110 Å². The molecule has 0 radical (unpaired) electrons. The molecule has 336 valence electrons. The third-order valence-electron chi connectivity index (χ3n) is 11.4. The highest BCUT2D eigenvalue weighted by atomic mass is 16.5. The van der Waals surface area contributed by atoms with E-state index in [0.29, 0.717) is 63.1 Å². The molecule has 2 aliphatic carbocycles. The zero-order valence-corrected chi connectivity index (χ0v) is 38.0. The number of imide groups is 1. The topological polar surface area (TPSA) is 119 Å². The number of piperazine rings is 1. The van der Waals surface area contributed by atoms with Crippen LogP contribution in [0.5, 0.6) is 0 Å². The molecule has 2 atom stereocenters. The normalized spacial score (nSPS) is 19.2. The maximum atomic E-state index is 13.0. The van der Waals surface area contributed by atoms with Crippen molar-refractivity contribution in [3.63, 3.8) is 0 Å². The number of carbonyl (C=O) groups excluding carboxylic acids is 4. The summed E-state index contributed by atoms with van der Waals surface area (Å²) in [6.45, 7) is 29.0. The number of ketones is 1. The van der Waals surface area contributed by atoms with E-state index in [0.717, 1.165) is 81.5 Å². The summed E-state index contributed by atoms with van der Waals surface area (Å²) in [5.41, 5.74) is 8.33. The number of unbranched alkanes of at least 4 members (excludes halogenated alkanes) is 1. The number of nitrogens with one attached hydrogen (secondary N) is 1. The van der Waals surface area contributed by atoms with Gasteiger partial charge < -0.3 is 19.6 Å². The Morgan fingerprint density at radius 2 is 1.74 bits per heavy atom. The SMILES string of the molecule is C=C\C=C/C=C/C(CC)=C(\C(=C)/C=C\C(=C)OCCCCC(=O)CN1CCN(C(=C)/C=C\C2=CCN(C(C)CCC(=O)NC=O)C2=O)CC1)C1=C2CCCC(=C1)CC(O)C2.CC. The number of nitrogens with zero attached hydrogens (tertiary/aromatic N) is 3. The van der Waals surface area contributed by atoms with E-state index in [2.05, 4.69) is 60.5 Å². The molecule has 0 aromatic rings. The molecule has 2 heterocycles. The lowest BCUT2D eigenvalue weighted by atomic mass is 9.86. The van der Waals surface area contributed by atoms with Crippen molar-refractivity contribution in [1.29, 1.82) is 0 Å². The van der Waals surface area contributed by atoms with Crippen LogP contribution in [0.25, 0.3) is 0 Å². The third kappa shape index (κ3) is 16.5. The molecule has 10 heteroatoms. The number of aliphatic hydroxyl groups is 1. The first-order chi connectivity index (χ1) is 29.9. The first-order valence-electron chi connectivity index (χ1n) is 22.5. The van der Waals surface area contributed by atoms with Gasteiger partial charge in [0.2, 0.25) is 12.3 Å². The average Bonchev–Trinajstić information content (AvgIpc) is 3.41. The second-order valence-corrected chi connectivity index (χ2v) is 15.9. The number of fused-ring (bicyclic) bond motifs is 1. The van der Waals surface area contributed by atoms with E-state index in [-0.39, 0.29) is 36.2 Å². The number of allylic oxidation sites excluding steroid dienone is 13. The van der Waals surface area contributed by atoms with Gasteiger partial charge in [0.05, 0.1) is 19.3 Å². The fourth-order valence-electron chi connectivity index (χ4n) is 8.02. The van der Waals surface area contributed by atoms with E-state index in [1.54, 1.807) is 17.1 Å². The molecule has 4 aliphatic rings. The van der Waals surface area contributed by atoms with Crippen LogP contribution in [0.3, 0.4) is 0 Å². The van der Waals surface area contributed by atoms with Crippen molar-refractivity contribution in [2.75, 3.05) is 45.9 Å². The summed E-state index contributed by atoms with van der Waals surface area (Å²) in [7, 11) is 0. The minimum absolute atomic E-state index is 0.0861. The second kappa shape index (κ2) is 27.6. The second-order valence-electron chi connectivity index (χ2n) is 15.9. The fourth-order valence-corrected chi connectivity index (χ4v) is 8.02. The summed E-state index contributed by atoms with van der Waals surface area (Å²) in [5.74, 6) is 0.319. The van der Waals surface area contributed by atoms with E-state index in [9.17, 15) is 24.3 Å². The Morgan fingerprint density at radius 3 is 2.45 bits per heavy atom. The number of ether oxygens (including phenoxy) is 1. The van der Waals surface area contributed by atoms with Gasteiger partial charge in [-0.05, 0) is 105 Å². The van der Waals surface area contributed by atoms with Crippen molar-refractivity contribution in [3.05, 3.63) is 144 Å². The van der Waals surface area contributed by atoms with E-state index < -0.39 is 0 Å². The molecular weight excluding hydrogens is 777 g/mol. The van der Waals surface area contributed by atoms with Crippen molar-refractivity contribution in [3.8, 4) is 0 Å². The maximum absolute atomic E-state index is 13.0.